The van der Waals surface area contributed by atoms with Crippen LogP contribution in [0.15, 0.2) is 64.6 Å². The molecule has 2 aromatic carbocycles. The van der Waals surface area contributed by atoms with Gasteiger partial charge in [-0.25, -0.2) is 4.99 Å². The van der Waals surface area contributed by atoms with Crippen LogP contribution in [-0.4, -0.2) is 28.1 Å². The average molecular weight is 412 g/mol. The molecule has 1 saturated carbocycles. The fourth-order valence-corrected chi connectivity index (χ4v) is 4.61. The molecular weight excluding hydrogens is 390 g/mol. The van der Waals surface area contributed by atoms with Gasteiger partial charge in [-0.15, -0.1) is 0 Å². The summed E-state index contributed by atoms with van der Waals surface area (Å²) >= 11 is 7.36. The Labute approximate surface area is 174 Å². The summed E-state index contributed by atoms with van der Waals surface area (Å²) in [6, 6.07) is 17.3. The lowest BCUT2D eigenvalue weighted by molar-refractivity contribution is -0.113. The largest absolute Gasteiger partial charge is 0.325 e. The van der Waals surface area contributed by atoms with Crippen molar-refractivity contribution in [2.45, 2.75) is 37.8 Å². The van der Waals surface area contributed by atoms with Crippen molar-refractivity contribution in [2.75, 3.05) is 11.1 Å². The summed E-state index contributed by atoms with van der Waals surface area (Å²) in [5, 5.41) is 4.43. The number of benzene rings is 2. The van der Waals surface area contributed by atoms with Gasteiger partial charge in [0.05, 0.1) is 11.5 Å². The summed E-state index contributed by atoms with van der Waals surface area (Å²) in [5.41, 5.74) is 2.41. The highest BCUT2D eigenvalue weighted by atomic mass is 35.5. The number of rotatable bonds is 4. The lowest BCUT2D eigenvalue weighted by atomic mass is 9.90. The van der Waals surface area contributed by atoms with Crippen LogP contribution in [0.2, 0.25) is 5.02 Å². The second-order valence-electron chi connectivity index (χ2n) is 7.13. The summed E-state index contributed by atoms with van der Waals surface area (Å²) in [6.07, 6.45) is 5.54. The van der Waals surface area contributed by atoms with Gasteiger partial charge in [0.15, 0.2) is 5.66 Å². The van der Waals surface area contributed by atoms with Gasteiger partial charge in [0, 0.05) is 16.3 Å². The number of carbonyl (C=O) groups excluding carboxylic acids is 1. The molecule has 144 valence electrons. The highest BCUT2D eigenvalue weighted by molar-refractivity contribution is 8.16. The number of thioether (sulfide) groups is 1. The topological polar surface area (TPSA) is 53.8 Å². The molecule has 1 aliphatic carbocycles. The zero-order chi connectivity index (χ0) is 19.4. The number of nitrogens with zero attached hydrogens (tertiary/aromatic N) is 2. The number of hydrogen-bond donors (Lipinski definition) is 1. The highest BCUT2D eigenvalue weighted by Gasteiger charge is 2.37. The van der Waals surface area contributed by atoms with E-state index < -0.39 is 0 Å². The first-order valence-electron chi connectivity index (χ1n) is 9.57. The Morgan fingerprint density at radius 2 is 1.71 bits per heavy atom. The van der Waals surface area contributed by atoms with Crippen molar-refractivity contribution in [3.8, 4) is 0 Å². The van der Waals surface area contributed by atoms with E-state index in [0.717, 1.165) is 47.7 Å². The molecule has 6 heteroatoms. The van der Waals surface area contributed by atoms with Gasteiger partial charge in [-0.05, 0) is 49.9 Å². The minimum atomic E-state index is -0.321. The van der Waals surface area contributed by atoms with Gasteiger partial charge in [-0.2, -0.15) is 0 Å². The average Bonchev–Trinajstić information content (AvgIpc) is 3.07. The molecule has 0 radical (unpaired) electrons. The highest BCUT2D eigenvalue weighted by Crippen LogP contribution is 2.38. The molecule has 0 atom stereocenters. The van der Waals surface area contributed by atoms with Crippen LogP contribution in [-0.2, 0) is 4.79 Å². The fraction of sp³-hybridized carbons (Fsp3) is 0.318. The molecule has 0 unspecified atom stereocenters. The lowest BCUT2D eigenvalue weighted by Crippen LogP contribution is -2.25. The van der Waals surface area contributed by atoms with Crippen molar-refractivity contribution in [3.63, 3.8) is 0 Å². The Kier molecular flexibility index (Phi) is 5.83. The third-order valence-corrected chi connectivity index (χ3v) is 6.22. The summed E-state index contributed by atoms with van der Waals surface area (Å²) in [5.74, 6) is 0.232. The van der Waals surface area contributed by atoms with Crippen molar-refractivity contribution in [1.82, 2.24) is 0 Å². The Morgan fingerprint density at radius 1 is 1.00 bits per heavy atom. The number of hydrogen-bond acceptors (Lipinski definition) is 4. The van der Waals surface area contributed by atoms with Crippen molar-refractivity contribution in [1.29, 1.82) is 0 Å². The number of anilines is 1. The molecule has 1 amide bonds. The van der Waals surface area contributed by atoms with E-state index in [4.69, 9.17) is 21.6 Å². The smallest absolute Gasteiger partial charge is 0.234 e. The van der Waals surface area contributed by atoms with E-state index in [-0.39, 0.29) is 11.6 Å². The minimum absolute atomic E-state index is 0.0629. The van der Waals surface area contributed by atoms with Crippen LogP contribution in [0.4, 0.5) is 5.69 Å². The molecule has 1 spiro atoms. The SMILES string of the molecule is O=C(CSC1=NC2(CCCCC2)N=C1c1ccccc1)Nc1ccc(Cl)cc1. The standard InChI is InChI=1S/C22H22ClN3OS/c23-17-9-11-18(12-10-17)24-19(27)15-28-21-20(16-7-3-1-4-8-16)25-22(26-21)13-5-2-6-14-22/h1,3-4,7-12H,2,5-6,13-15H2,(H,24,27). The molecule has 28 heavy (non-hydrogen) atoms. The molecule has 1 aliphatic heterocycles. The predicted molar refractivity (Wildman–Crippen MR) is 119 cm³/mol. The van der Waals surface area contributed by atoms with Crippen molar-refractivity contribution < 1.29 is 4.79 Å². The second-order valence-corrected chi connectivity index (χ2v) is 8.53. The summed E-state index contributed by atoms with van der Waals surface area (Å²) < 4.78 is 0. The van der Waals surface area contributed by atoms with Crippen LogP contribution < -0.4 is 5.32 Å². The summed E-state index contributed by atoms with van der Waals surface area (Å²) in [4.78, 5) is 22.5. The maximum absolute atomic E-state index is 12.4. The van der Waals surface area contributed by atoms with Crippen LogP contribution in [0.1, 0.15) is 37.7 Å². The van der Waals surface area contributed by atoms with Crippen LogP contribution in [0.25, 0.3) is 0 Å². The molecule has 1 N–H and O–H groups in total. The summed E-state index contributed by atoms with van der Waals surface area (Å²) in [7, 11) is 0. The van der Waals surface area contributed by atoms with E-state index in [1.54, 1.807) is 24.3 Å². The molecule has 1 fully saturated rings. The Bertz CT molecular complexity index is 903. The molecule has 4 nitrogen and oxygen atoms in total. The van der Waals surface area contributed by atoms with Crippen molar-refractivity contribution >= 4 is 45.7 Å². The third-order valence-electron chi connectivity index (χ3n) is 5.00. The predicted octanol–water partition coefficient (Wildman–Crippen LogP) is 5.57. The van der Waals surface area contributed by atoms with Crippen molar-refractivity contribution in [3.05, 3.63) is 65.2 Å². The monoisotopic (exact) mass is 411 g/mol. The number of carbonyl (C=O) groups is 1. The lowest BCUT2D eigenvalue weighted by Gasteiger charge is -2.27. The molecule has 0 bridgehead atoms. The summed E-state index contributed by atoms with van der Waals surface area (Å²) in [6.45, 7) is 0. The van der Waals surface area contributed by atoms with Gasteiger partial charge >= 0.3 is 0 Å². The maximum atomic E-state index is 12.4. The number of aliphatic imine (C=N–C) groups is 2. The van der Waals surface area contributed by atoms with E-state index in [1.165, 1.54) is 18.2 Å². The molecular formula is C22H22ClN3OS. The van der Waals surface area contributed by atoms with Gasteiger partial charge in [0.2, 0.25) is 5.91 Å². The van der Waals surface area contributed by atoms with Gasteiger partial charge in [-0.3, -0.25) is 9.79 Å². The van der Waals surface area contributed by atoms with Crippen LogP contribution in [0.5, 0.6) is 0 Å². The zero-order valence-electron chi connectivity index (χ0n) is 15.5. The van der Waals surface area contributed by atoms with Gasteiger partial charge in [0.25, 0.3) is 0 Å². The zero-order valence-corrected chi connectivity index (χ0v) is 17.1. The quantitative estimate of drug-likeness (QED) is 0.714. The van der Waals surface area contributed by atoms with E-state index in [2.05, 4.69) is 17.4 Å². The molecule has 0 aromatic heterocycles. The molecule has 2 aromatic rings. The molecule has 1 heterocycles. The second kappa shape index (κ2) is 8.50. The number of amides is 1. The van der Waals surface area contributed by atoms with Gasteiger partial charge in [-0.1, -0.05) is 60.1 Å². The van der Waals surface area contributed by atoms with Gasteiger partial charge in [0.1, 0.15) is 5.04 Å². The Balaban J connectivity index is 1.48. The first-order valence-corrected chi connectivity index (χ1v) is 10.9. The van der Waals surface area contributed by atoms with Crippen LogP contribution in [0, 0.1) is 0 Å². The van der Waals surface area contributed by atoms with Crippen LogP contribution >= 0.6 is 23.4 Å². The molecule has 0 saturated heterocycles. The number of nitrogens with one attached hydrogen (secondary N) is 1. The normalized spacial score (nSPS) is 17.9. The van der Waals surface area contributed by atoms with Gasteiger partial charge < -0.3 is 5.32 Å². The van der Waals surface area contributed by atoms with E-state index >= 15 is 0 Å². The Hall–Kier alpha value is -2.11. The van der Waals surface area contributed by atoms with E-state index in [1.807, 2.05) is 18.2 Å². The van der Waals surface area contributed by atoms with Crippen molar-refractivity contribution in [2.24, 2.45) is 9.98 Å². The maximum Gasteiger partial charge on any atom is 0.234 e. The fourth-order valence-electron chi connectivity index (χ4n) is 3.61. The third kappa shape index (κ3) is 4.47. The molecule has 4 rings (SSSR count). The first-order chi connectivity index (χ1) is 13.6. The van der Waals surface area contributed by atoms with Crippen LogP contribution in [0.3, 0.4) is 0 Å². The van der Waals surface area contributed by atoms with E-state index in [0.29, 0.717) is 10.8 Å². The van der Waals surface area contributed by atoms with E-state index in [9.17, 15) is 4.79 Å². The Morgan fingerprint density at radius 3 is 2.43 bits per heavy atom. The number of halogens is 1. The first kappa shape index (κ1) is 19.2. The molecule has 2 aliphatic rings. The minimum Gasteiger partial charge on any atom is -0.325 e.